The van der Waals surface area contributed by atoms with Crippen molar-refractivity contribution in [3.05, 3.63) is 47.9 Å². The SMILES string of the molecule is CC(C)(O)COc1cc2nn(C3CCC(CO)CC3)cc2cc1NC(=O)c1cccc(C(F)(F)F)n1. The molecule has 0 unspecified atom stereocenters. The summed E-state index contributed by atoms with van der Waals surface area (Å²) in [4.78, 5) is 16.3. The van der Waals surface area contributed by atoms with E-state index >= 15 is 0 Å². The highest BCUT2D eigenvalue weighted by Gasteiger charge is 2.33. The first-order valence-corrected chi connectivity index (χ1v) is 11.8. The number of ether oxygens (including phenoxy) is 1. The number of fused-ring (bicyclic) bond motifs is 1. The molecule has 11 heteroatoms. The van der Waals surface area contributed by atoms with Gasteiger partial charge in [0.1, 0.15) is 23.7 Å². The number of halogens is 3. The van der Waals surface area contributed by atoms with Gasteiger partial charge in [-0.05, 0) is 63.6 Å². The third-order valence-corrected chi connectivity index (χ3v) is 6.17. The van der Waals surface area contributed by atoms with Crippen LogP contribution in [-0.4, -0.2) is 49.7 Å². The molecule has 2 aromatic heterocycles. The summed E-state index contributed by atoms with van der Waals surface area (Å²) >= 11 is 0. The van der Waals surface area contributed by atoms with Crippen molar-refractivity contribution in [1.82, 2.24) is 14.8 Å². The fourth-order valence-corrected chi connectivity index (χ4v) is 4.23. The van der Waals surface area contributed by atoms with Crippen LogP contribution in [0.2, 0.25) is 0 Å². The van der Waals surface area contributed by atoms with E-state index in [-0.39, 0.29) is 30.7 Å². The molecule has 4 rings (SSSR count). The van der Waals surface area contributed by atoms with Crippen molar-refractivity contribution in [2.75, 3.05) is 18.5 Å². The zero-order valence-corrected chi connectivity index (χ0v) is 20.0. The number of nitrogens with zero attached hydrogens (tertiary/aromatic N) is 3. The van der Waals surface area contributed by atoms with Crippen molar-refractivity contribution in [2.45, 2.75) is 57.3 Å². The Kier molecular flexibility index (Phi) is 7.24. The lowest BCUT2D eigenvalue weighted by Gasteiger charge is -2.27. The molecule has 1 aliphatic carbocycles. The van der Waals surface area contributed by atoms with Crippen molar-refractivity contribution in [2.24, 2.45) is 5.92 Å². The Bertz CT molecular complexity index is 1230. The smallest absolute Gasteiger partial charge is 0.433 e. The number of alkyl halides is 3. The maximum Gasteiger partial charge on any atom is 0.433 e. The fraction of sp³-hybridized carbons (Fsp3) is 0.480. The molecule has 1 aromatic carbocycles. The summed E-state index contributed by atoms with van der Waals surface area (Å²) in [5.41, 5.74) is -1.89. The predicted octanol–water partition coefficient (Wildman–Crippen LogP) is 4.58. The Balaban J connectivity index is 1.64. The van der Waals surface area contributed by atoms with Gasteiger partial charge in [-0.15, -0.1) is 0 Å². The molecule has 3 N–H and O–H groups in total. The molecule has 0 bridgehead atoms. The Morgan fingerprint density at radius 3 is 2.56 bits per heavy atom. The maximum absolute atomic E-state index is 13.0. The van der Waals surface area contributed by atoms with Crippen LogP contribution in [0, 0.1) is 5.92 Å². The molecule has 1 aliphatic rings. The van der Waals surface area contributed by atoms with Crippen LogP contribution in [0.4, 0.5) is 18.9 Å². The van der Waals surface area contributed by atoms with Crippen LogP contribution in [0.15, 0.2) is 36.5 Å². The van der Waals surface area contributed by atoms with Crippen LogP contribution < -0.4 is 10.1 Å². The van der Waals surface area contributed by atoms with E-state index in [0.29, 0.717) is 16.8 Å². The first-order chi connectivity index (χ1) is 16.9. The molecule has 0 saturated heterocycles. The van der Waals surface area contributed by atoms with Crippen molar-refractivity contribution < 1.29 is 32.9 Å². The number of hydrogen-bond donors (Lipinski definition) is 3. The summed E-state index contributed by atoms with van der Waals surface area (Å²) in [5.74, 6) is -0.304. The van der Waals surface area contributed by atoms with Crippen molar-refractivity contribution in [3.8, 4) is 5.75 Å². The third-order valence-electron chi connectivity index (χ3n) is 6.17. The number of aliphatic hydroxyl groups excluding tert-OH is 1. The summed E-state index contributed by atoms with van der Waals surface area (Å²) in [7, 11) is 0. The molecular weight excluding hydrogens is 477 g/mol. The van der Waals surface area contributed by atoms with Crippen LogP contribution >= 0.6 is 0 Å². The normalized spacial score (nSPS) is 18.9. The molecule has 0 radical (unpaired) electrons. The summed E-state index contributed by atoms with van der Waals surface area (Å²) in [6.07, 6.45) is 0.752. The number of hydrogen-bond acceptors (Lipinski definition) is 6. The van der Waals surface area contributed by atoms with E-state index < -0.39 is 29.1 Å². The number of nitrogens with one attached hydrogen (secondary N) is 1. The number of amides is 1. The first-order valence-electron chi connectivity index (χ1n) is 11.8. The van der Waals surface area contributed by atoms with Gasteiger partial charge < -0.3 is 20.3 Å². The van der Waals surface area contributed by atoms with Gasteiger partial charge in [-0.3, -0.25) is 9.48 Å². The minimum atomic E-state index is -4.68. The third kappa shape index (κ3) is 6.14. The lowest BCUT2D eigenvalue weighted by atomic mass is 9.87. The molecule has 36 heavy (non-hydrogen) atoms. The van der Waals surface area contributed by atoms with Gasteiger partial charge >= 0.3 is 6.18 Å². The predicted molar refractivity (Wildman–Crippen MR) is 127 cm³/mol. The number of anilines is 1. The van der Waals surface area contributed by atoms with E-state index in [1.54, 1.807) is 26.0 Å². The number of benzene rings is 1. The number of aliphatic hydroxyl groups is 2. The molecule has 3 aromatic rings. The quantitative estimate of drug-likeness (QED) is 0.433. The molecule has 1 amide bonds. The van der Waals surface area contributed by atoms with Crippen molar-refractivity contribution in [1.29, 1.82) is 0 Å². The lowest BCUT2D eigenvalue weighted by Crippen LogP contribution is -2.28. The second-order valence-corrected chi connectivity index (χ2v) is 9.83. The fourth-order valence-electron chi connectivity index (χ4n) is 4.23. The highest BCUT2D eigenvalue weighted by atomic mass is 19.4. The molecule has 2 heterocycles. The Morgan fingerprint density at radius 1 is 1.19 bits per heavy atom. The van der Waals surface area contributed by atoms with Gasteiger partial charge in [0.15, 0.2) is 0 Å². The number of aromatic nitrogens is 3. The molecule has 1 fully saturated rings. The van der Waals surface area contributed by atoms with E-state index in [4.69, 9.17) is 4.74 Å². The van der Waals surface area contributed by atoms with E-state index in [9.17, 15) is 28.2 Å². The van der Waals surface area contributed by atoms with Crippen LogP contribution in [-0.2, 0) is 6.18 Å². The van der Waals surface area contributed by atoms with Crippen molar-refractivity contribution in [3.63, 3.8) is 0 Å². The number of pyridine rings is 1. The molecule has 0 aliphatic heterocycles. The van der Waals surface area contributed by atoms with Crippen LogP contribution in [0.25, 0.3) is 10.9 Å². The van der Waals surface area contributed by atoms with Gasteiger partial charge in [0.05, 0.1) is 22.8 Å². The molecule has 0 spiro atoms. The van der Waals surface area contributed by atoms with E-state index in [0.717, 1.165) is 37.8 Å². The van der Waals surface area contributed by atoms with Gasteiger partial charge in [0.25, 0.3) is 5.91 Å². The number of carbonyl (C=O) groups excluding carboxylic acids is 1. The summed E-state index contributed by atoms with van der Waals surface area (Å²) in [6, 6.07) is 6.56. The second kappa shape index (κ2) is 10.1. The molecule has 1 saturated carbocycles. The summed E-state index contributed by atoms with van der Waals surface area (Å²) < 4.78 is 46.8. The maximum atomic E-state index is 13.0. The van der Waals surface area contributed by atoms with Gasteiger partial charge in [-0.25, -0.2) is 4.98 Å². The second-order valence-electron chi connectivity index (χ2n) is 9.83. The zero-order valence-electron chi connectivity index (χ0n) is 20.0. The Morgan fingerprint density at radius 2 is 1.92 bits per heavy atom. The molecule has 0 atom stereocenters. The van der Waals surface area contributed by atoms with E-state index in [1.807, 2.05) is 10.9 Å². The topological polar surface area (TPSA) is 110 Å². The van der Waals surface area contributed by atoms with Crippen LogP contribution in [0.3, 0.4) is 0 Å². The summed E-state index contributed by atoms with van der Waals surface area (Å²) in [6.45, 7) is 3.22. The highest BCUT2D eigenvalue weighted by molar-refractivity contribution is 6.05. The lowest BCUT2D eigenvalue weighted by molar-refractivity contribution is -0.141. The number of rotatable bonds is 7. The first kappa shape index (κ1) is 25.9. The summed E-state index contributed by atoms with van der Waals surface area (Å²) in [5, 5.41) is 27.5. The largest absolute Gasteiger partial charge is 0.488 e. The van der Waals surface area contributed by atoms with Crippen LogP contribution in [0.5, 0.6) is 5.75 Å². The van der Waals surface area contributed by atoms with E-state index in [1.165, 1.54) is 6.07 Å². The molecule has 194 valence electrons. The van der Waals surface area contributed by atoms with Crippen molar-refractivity contribution >= 4 is 22.5 Å². The monoisotopic (exact) mass is 506 g/mol. The minimum Gasteiger partial charge on any atom is -0.488 e. The van der Waals surface area contributed by atoms with E-state index in [2.05, 4.69) is 15.4 Å². The average Bonchev–Trinajstić information content (AvgIpc) is 3.24. The number of carbonyl (C=O) groups is 1. The Hall–Kier alpha value is -3.18. The zero-order chi connectivity index (χ0) is 26.1. The van der Waals surface area contributed by atoms with Gasteiger partial charge in [-0.1, -0.05) is 6.07 Å². The molecule has 8 nitrogen and oxygen atoms in total. The Labute approximate surface area is 206 Å². The van der Waals surface area contributed by atoms with Crippen LogP contribution in [0.1, 0.15) is 61.8 Å². The van der Waals surface area contributed by atoms with Gasteiger partial charge in [-0.2, -0.15) is 18.3 Å². The average molecular weight is 507 g/mol. The molecular formula is C25H29F3N4O4. The van der Waals surface area contributed by atoms with Gasteiger partial charge in [0.2, 0.25) is 0 Å². The van der Waals surface area contributed by atoms with Gasteiger partial charge in [0, 0.05) is 24.3 Å². The minimum absolute atomic E-state index is 0.0882. The standard InChI is InChI=1S/C25H29F3N4O4/c1-24(2,35)14-36-21-11-19-16(12-32(31-19)17-8-6-15(13-33)7-9-17)10-20(21)30-23(34)18-4-3-5-22(29-18)25(26,27)28/h3-5,10-12,15,17,33,35H,6-9,13-14H2,1-2H3,(H,30,34). The highest BCUT2D eigenvalue weighted by Crippen LogP contribution is 2.35.